The Hall–Kier alpha value is -2.43. The van der Waals surface area contributed by atoms with Crippen LogP contribution in [0.3, 0.4) is 0 Å². The fourth-order valence-corrected chi connectivity index (χ4v) is 3.67. The van der Waals surface area contributed by atoms with Crippen LogP contribution in [0.25, 0.3) is 17.5 Å². The van der Waals surface area contributed by atoms with Crippen LogP contribution in [0.5, 0.6) is 0 Å². The van der Waals surface area contributed by atoms with E-state index in [4.69, 9.17) is 4.52 Å². The lowest BCUT2D eigenvalue weighted by Gasteiger charge is -2.26. The molecule has 2 aromatic rings. The molecule has 1 unspecified atom stereocenters. The van der Waals surface area contributed by atoms with Crippen LogP contribution < -0.4 is 5.32 Å². The number of hydrogen-bond acceptors (Lipinski definition) is 4. The van der Waals surface area contributed by atoms with E-state index in [0.29, 0.717) is 17.2 Å². The predicted molar refractivity (Wildman–Crippen MR) is 107 cm³/mol. The summed E-state index contributed by atoms with van der Waals surface area (Å²) in [5, 5.41) is 7.02. The summed E-state index contributed by atoms with van der Waals surface area (Å²) in [6, 6.07) is 7.76. The third-order valence-corrected chi connectivity index (χ3v) is 5.53. The molecule has 0 aliphatic heterocycles. The van der Waals surface area contributed by atoms with E-state index in [1.165, 1.54) is 19.3 Å². The molecular formula is C22H29N3O2. The van der Waals surface area contributed by atoms with Gasteiger partial charge in [-0.25, -0.2) is 0 Å². The summed E-state index contributed by atoms with van der Waals surface area (Å²) in [7, 11) is 0. The average molecular weight is 367 g/mol. The van der Waals surface area contributed by atoms with Gasteiger partial charge in [0, 0.05) is 24.6 Å². The van der Waals surface area contributed by atoms with Crippen molar-refractivity contribution in [3.05, 3.63) is 41.7 Å². The molecule has 1 saturated carbocycles. The van der Waals surface area contributed by atoms with Gasteiger partial charge in [-0.1, -0.05) is 44.5 Å². The molecule has 144 valence electrons. The molecule has 1 amide bonds. The molecule has 5 heteroatoms. The summed E-state index contributed by atoms with van der Waals surface area (Å²) in [5.74, 6) is 1.80. The van der Waals surface area contributed by atoms with E-state index in [1.54, 1.807) is 6.08 Å². The molecule has 0 saturated heterocycles. The normalized spacial score (nSPS) is 18.9. The molecule has 5 nitrogen and oxygen atoms in total. The van der Waals surface area contributed by atoms with Crippen molar-refractivity contribution < 1.29 is 9.32 Å². The molecule has 27 heavy (non-hydrogen) atoms. The second kappa shape index (κ2) is 8.51. The van der Waals surface area contributed by atoms with Gasteiger partial charge in [-0.05, 0) is 54.4 Å². The Labute approximate surface area is 161 Å². The third-order valence-electron chi connectivity index (χ3n) is 5.53. The van der Waals surface area contributed by atoms with Crippen LogP contribution in [0, 0.1) is 11.3 Å². The zero-order valence-electron chi connectivity index (χ0n) is 16.5. The monoisotopic (exact) mass is 367 g/mol. The van der Waals surface area contributed by atoms with Crippen molar-refractivity contribution >= 4 is 12.0 Å². The molecule has 1 heterocycles. The molecule has 1 aliphatic rings. The second-order valence-electron chi connectivity index (χ2n) is 8.04. The topological polar surface area (TPSA) is 68.0 Å². The molecule has 1 aromatic carbocycles. The highest BCUT2D eigenvalue weighted by Crippen LogP contribution is 2.41. The highest BCUT2D eigenvalue weighted by atomic mass is 16.5. The van der Waals surface area contributed by atoms with Gasteiger partial charge in [-0.15, -0.1) is 0 Å². The lowest BCUT2D eigenvalue weighted by molar-refractivity contribution is -0.116. The molecule has 1 N–H and O–H groups in total. The number of rotatable bonds is 7. The Morgan fingerprint density at radius 1 is 1.33 bits per heavy atom. The van der Waals surface area contributed by atoms with Gasteiger partial charge >= 0.3 is 0 Å². The van der Waals surface area contributed by atoms with Gasteiger partial charge in [0.05, 0.1) is 0 Å². The maximum absolute atomic E-state index is 12.1. The molecular weight excluding hydrogens is 338 g/mol. The molecule has 0 bridgehead atoms. The van der Waals surface area contributed by atoms with Crippen LogP contribution in [-0.2, 0) is 11.2 Å². The van der Waals surface area contributed by atoms with E-state index in [9.17, 15) is 4.79 Å². The minimum atomic E-state index is -0.0390. The summed E-state index contributed by atoms with van der Waals surface area (Å²) in [4.78, 5) is 16.5. The largest absolute Gasteiger partial charge is 0.352 e. The van der Waals surface area contributed by atoms with E-state index in [0.717, 1.165) is 36.3 Å². The molecule has 1 aromatic heterocycles. The third kappa shape index (κ3) is 5.06. The second-order valence-corrected chi connectivity index (χ2v) is 8.04. The Kier molecular flexibility index (Phi) is 6.09. The van der Waals surface area contributed by atoms with E-state index >= 15 is 0 Å². The minimum Gasteiger partial charge on any atom is -0.352 e. The highest BCUT2D eigenvalue weighted by molar-refractivity contribution is 5.91. The van der Waals surface area contributed by atoms with E-state index in [1.807, 2.05) is 30.3 Å². The van der Waals surface area contributed by atoms with E-state index in [-0.39, 0.29) is 5.91 Å². The SMILES string of the molecule is CCCc1noc(-c2ccc(/C=C/C(=O)NCC3CCCC3(C)C)cc2)n1. The first-order valence-corrected chi connectivity index (χ1v) is 9.87. The van der Waals surface area contributed by atoms with Crippen LogP contribution >= 0.6 is 0 Å². The summed E-state index contributed by atoms with van der Waals surface area (Å²) in [5.41, 5.74) is 2.18. The highest BCUT2D eigenvalue weighted by Gasteiger charge is 2.34. The maximum Gasteiger partial charge on any atom is 0.257 e. The fourth-order valence-electron chi connectivity index (χ4n) is 3.67. The molecule has 0 spiro atoms. The summed E-state index contributed by atoms with van der Waals surface area (Å²) >= 11 is 0. The lowest BCUT2D eigenvalue weighted by Crippen LogP contribution is -2.32. The average Bonchev–Trinajstić information content (AvgIpc) is 3.25. The van der Waals surface area contributed by atoms with Gasteiger partial charge in [0.2, 0.25) is 5.91 Å². The van der Waals surface area contributed by atoms with Crippen LogP contribution in [0.15, 0.2) is 34.9 Å². The van der Waals surface area contributed by atoms with Crippen LogP contribution in [0.1, 0.15) is 57.8 Å². The van der Waals surface area contributed by atoms with Gasteiger partial charge in [0.25, 0.3) is 5.89 Å². The van der Waals surface area contributed by atoms with Gasteiger partial charge in [-0.2, -0.15) is 4.98 Å². The first-order valence-electron chi connectivity index (χ1n) is 9.87. The maximum atomic E-state index is 12.1. The molecule has 0 radical (unpaired) electrons. The predicted octanol–water partition coefficient (Wildman–Crippen LogP) is 4.64. The molecule has 3 rings (SSSR count). The number of benzene rings is 1. The number of hydrogen-bond donors (Lipinski definition) is 1. The Bertz CT molecular complexity index is 790. The number of amides is 1. The quantitative estimate of drug-likeness (QED) is 0.724. The van der Waals surface area contributed by atoms with Crippen molar-refractivity contribution in [3.8, 4) is 11.5 Å². The van der Waals surface area contributed by atoms with Gasteiger partial charge in [0.1, 0.15) is 0 Å². The van der Waals surface area contributed by atoms with Gasteiger partial charge in [0.15, 0.2) is 5.82 Å². The van der Waals surface area contributed by atoms with Crippen LogP contribution in [0.4, 0.5) is 0 Å². The van der Waals surface area contributed by atoms with Gasteiger partial charge in [-0.3, -0.25) is 4.79 Å². The number of aromatic nitrogens is 2. The molecule has 1 fully saturated rings. The number of carbonyl (C=O) groups is 1. The summed E-state index contributed by atoms with van der Waals surface area (Å²) in [6.07, 6.45) is 8.94. The standard InChI is InChI=1S/C22H29N3O2/c1-4-6-19-24-21(27-25-19)17-11-8-16(9-12-17)10-13-20(26)23-15-18-7-5-14-22(18,2)3/h8-13,18H,4-7,14-15H2,1-3H3,(H,23,26)/b13-10+. The van der Waals surface area contributed by atoms with Crippen molar-refractivity contribution in [2.75, 3.05) is 6.54 Å². The Morgan fingerprint density at radius 2 is 2.11 bits per heavy atom. The van der Waals surface area contributed by atoms with Gasteiger partial charge < -0.3 is 9.84 Å². The van der Waals surface area contributed by atoms with E-state index < -0.39 is 0 Å². The van der Waals surface area contributed by atoms with E-state index in [2.05, 4.69) is 36.2 Å². The Balaban J connectivity index is 1.53. The van der Waals surface area contributed by atoms with Crippen molar-refractivity contribution in [2.45, 2.75) is 52.9 Å². The number of aryl methyl sites for hydroxylation is 1. The molecule has 1 atom stereocenters. The van der Waals surface area contributed by atoms with Crippen molar-refractivity contribution in [2.24, 2.45) is 11.3 Å². The fraction of sp³-hybridized carbons (Fsp3) is 0.500. The minimum absolute atomic E-state index is 0.0390. The van der Waals surface area contributed by atoms with Crippen LogP contribution in [0.2, 0.25) is 0 Å². The Morgan fingerprint density at radius 3 is 2.78 bits per heavy atom. The van der Waals surface area contributed by atoms with Crippen molar-refractivity contribution in [1.29, 1.82) is 0 Å². The number of nitrogens with zero attached hydrogens (tertiary/aromatic N) is 2. The lowest BCUT2D eigenvalue weighted by atomic mass is 9.82. The molecule has 1 aliphatic carbocycles. The first-order chi connectivity index (χ1) is 13.0. The number of nitrogens with one attached hydrogen (secondary N) is 1. The van der Waals surface area contributed by atoms with Crippen LogP contribution in [-0.4, -0.2) is 22.6 Å². The number of carbonyl (C=O) groups excluding carboxylic acids is 1. The summed E-state index contributed by atoms with van der Waals surface area (Å²) in [6.45, 7) is 7.43. The summed E-state index contributed by atoms with van der Waals surface area (Å²) < 4.78 is 5.30. The zero-order valence-corrected chi connectivity index (χ0v) is 16.5. The smallest absolute Gasteiger partial charge is 0.257 e. The van der Waals surface area contributed by atoms with Crippen molar-refractivity contribution in [3.63, 3.8) is 0 Å². The zero-order chi connectivity index (χ0) is 19.3. The first kappa shape index (κ1) is 19.3. The van der Waals surface area contributed by atoms with Crippen molar-refractivity contribution in [1.82, 2.24) is 15.5 Å².